The molecule has 12 aliphatic carbocycles. The molecule has 10 N–H and O–H groups in total. The van der Waals surface area contributed by atoms with E-state index >= 15 is 0 Å². The number of nitrogens with two attached hydrogens (primary N) is 1. The summed E-state index contributed by atoms with van der Waals surface area (Å²) in [7, 11) is 1.24. The first kappa shape index (κ1) is 113. The molecule has 0 radical (unpaired) electrons. The fourth-order valence-corrected chi connectivity index (χ4v) is 23.0. The maximum absolute atomic E-state index is 12.9. The normalized spacial score (nSPS) is 22.1. The minimum absolute atomic E-state index is 0. The quantitative estimate of drug-likeness (QED) is 0.00517. The zero-order valence-electron chi connectivity index (χ0n) is 82.2. The molecule has 4 unspecified atom stereocenters. The first-order valence-corrected chi connectivity index (χ1v) is 49.4. The first-order chi connectivity index (χ1) is 68.9. The van der Waals surface area contributed by atoms with Crippen LogP contribution in [-0.2, 0) is 63.6 Å². The molecule has 12 saturated carbocycles. The summed E-state index contributed by atoms with van der Waals surface area (Å²) in [5.74, 6) is 8.09. The van der Waals surface area contributed by atoms with E-state index in [1.807, 2.05) is 212 Å². The minimum Gasteiger partial charge on any atom is -0.870 e. The average molecular weight is 1990 g/mol. The van der Waals surface area contributed by atoms with Gasteiger partial charge in [0.05, 0.1) is 13.2 Å². The Hall–Kier alpha value is -13.2. The maximum Gasteiger partial charge on any atom is 1.00 e. The van der Waals surface area contributed by atoms with Crippen LogP contribution >= 0.6 is 12.4 Å². The summed E-state index contributed by atoms with van der Waals surface area (Å²) in [6.45, 7) is 2.69. The molecule has 12 aromatic carbocycles. The monoisotopic (exact) mass is 1990 g/mol. The van der Waals surface area contributed by atoms with Gasteiger partial charge in [0.2, 0.25) is 5.78 Å². The second kappa shape index (κ2) is 55.4. The molecule has 760 valence electrons. The fraction of sp³-hybridized carbons (Fsp3) is 0.347. The molecule has 25 heteroatoms. The molecule has 0 spiro atoms. The Morgan fingerprint density at radius 3 is 0.938 bits per heavy atom. The summed E-state index contributed by atoms with van der Waals surface area (Å²) < 4.78 is 38.5. The third kappa shape index (κ3) is 33.2. The number of aliphatic hydroxyl groups is 4. The van der Waals surface area contributed by atoms with Gasteiger partial charge in [0.15, 0.2) is 24.4 Å². The number of methoxy groups -OCH3 is 1. The molecule has 12 bridgehead atoms. The van der Waals surface area contributed by atoms with Crippen LogP contribution in [-0.4, -0.2) is 90.6 Å². The number of halogens is 1. The zero-order valence-corrected chi connectivity index (χ0v) is 83.0. The summed E-state index contributed by atoms with van der Waals surface area (Å²) >= 11 is 0. The molecule has 0 aromatic heterocycles. The number of nitrogens with zero attached hydrogens (tertiary/aromatic N) is 1. The van der Waals surface area contributed by atoms with Crippen LogP contribution in [0.1, 0.15) is 224 Å². The molecule has 146 heavy (non-hydrogen) atoms. The van der Waals surface area contributed by atoms with Crippen molar-refractivity contribution in [1.29, 1.82) is 5.26 Å². The van der Waals surface area contributed by atoms with E-state index in [0.717, 1.165) is 131 Å². The van der Waals surface area contributed by atoms with Gasteiger partial charge in [-0.2, -0.15) is 5.26 Å². The second-order valence-electron chi connectivity index (χ2n) is 39.7. The van der Waals surface area contributed by atoms with Gasteiger partial charge >= 0.3 is 30.8 Å². The smallest absolute Gasteiger partial charge is 0.870 e. The molecule has 12 aliphatic rings. The van der Waals surface area contributed by atoms with Crippen LogP contribution in [0.5, 0.6) is 34.5 Å². The van der Waals surface area contributed by atoms with Gasteiger partial charge in [-0.05, 0) is 297 Å². The van der Waals surface area contributed by atoms with Gasteiger partial charge in [-0.15, -0.1) is 12.4 Å². The predicted octanol–water partition coefficient (Wildman–Crippen LogP) is 19.5. The molecule has 4 atom stereocenters. The molecule has 0 heterocycles. The molecular formula is C121H134ClLiN4O19. The number of rotatable bonds is 30. The largest absolute Gasteiger partial charge is 1.00 e. The number of aliphatic hydroxyl groups excluding tert-OH is 4. The topological polar surface area (TPSA) is 372 Å². The number of carboxylic acid groups (broad SMARTS) is 1. The predicted molar refractivity (Wildman–Crippen MR) is 557 cm³/mol. The Labute approximate surface area is 874 Å². The number of amides is 2. The van der Waals surface area contributed by atoms with Gasteiger partial charge in [0.1, 0.15) is 80.4 Å². The van der Waals surface area contributed by atoms with Gasteiger partial charge in [0.25, 0.3) is 11.8 Å². The van der Waals surface area contributed by atoms with Gasteiger partial charge in [-0.1, -0.05) is 262 Å². The van der Waals surface area contributed by atoms with E-state index in [2.05, 4.69) is 15.4 Å². The number of nitrogens with one attached hydrogen (secondary N) is 2. The summed E-state index contributed by atoms with van der Waals surface area (Å²) in [5.41, 5.74) is 15.7. The van der Waals surface area contributed by atoms with E-state index in [1.165, 1.54) is 90.2 Å². The molecule has 12 fully saturated rings. The van der Waals surface area contributed by atoms with E-state index in [9.17, 15) is 49.2 Å². The van der Waals surface area contributed by atoms with Crippen molar-refractivity contribution in [3.63, 3.8) is 0 Å². The van der Waals surface area contributed by atoms with Crippen LogP contribution in [0.2, 0.25) is 0 Å². The van der Waals surface area contributed by atoms with Crippen LogP contribution in [0.4, 0.5) is 0 Å². The SMILES string of the molecule is C.COC(=O)C(O)c1cccc(OCc2ccccc2)c1.Cl.N#CC(O)c1cccc(OCc2ccccc2)c1.NC12CC3CC(CC(C3)C1)C2.O=C(NC12CC3CC(CC(C3)C1)C2)C(=O)c1cccc(OCc2ccccc2)c1.O=C(NC12CC3CC(CC(C3)C1)C2)C(O)c1cccc(OCc2ccccc2)c1.O=C(O)C(O)c1cccc(OCc2ccccc2)c1.O=Cc1cccc(OCc2ccccc2)c1.[Li+].[OH-]. The maximum atomic E-state index is 12.9. The second-order valence-corrected chi connectivity index (χ2v) is 39.7. The van der Waals surface area contributed by atoms with Crippen molar-refractivity contribution >= 4 is 48.2 Å². The molecule has 2 amide bonds. The Morgan fingerprint density at radius 1 is 0.370 bits per heavy atom. The van der Waals surface area contributed by atoms with Crippen LogP contribution in [0.15, 0.2) is 328 Å². The average Bonchev–Trinajstić information content (AvgIpc) is 0.757. The number of carbonyl (C=O) groups is 6. The van der Waals surface area contributed by atoms with Crippen molar-refractivity contribution in [3.05, 3.63) is 394 Å². The van der Waals surface area contributed by atoms with Crippen molar-refractivity contribution in [1.82, 2.24) is 10.6 Å². The summed E-state index contributed by atoms with van der Waals surface area (Å²) in [6, 6.07) is 102. The number of ether oxygens (including phenoxy) is 7. The van der Waals surface area contributed by atoms with Crippen molar-refractivity contribution in [2.75, 3.05) is 7.11 Å². The number of aliphatic carboxylic acids is 1. The minimum atomic E-state index is -1.53. The Kier molecular flexibility index (Phi) is 42.9. The van der Waals surface area contributed by atoms with Gasteiger partial charge in [-0.25, -0.2) is 9.59 Å². The number of benzene rings is 12. The zero-order chi connectivity index (χ0) is 99.2. The van der Waals surface area contributed by atoms with E-state index in [4.69, 9.17) is 44.5 Å². The van der Waals surface area contributed by atoms with Crippen molar-refractivity contribution in [2.24, 2.45) is 59.0 Å². The number of hydrogen-bond acceptors (Lipinski definition) is 20. The Morgan fingerprint density at radius 2 is 0.637 bits per heavy atom. The summed E-state index contributed by atoms with van der Waals surface area (Å²) in [4.78, 5) is 71.1. The fourth-order valence-electron chi connectivity index (χ4n) is 23.0. The first-order valence-electron chi connectivity index (χ1n) is 49.4. The summed E-state index contributed by atoms with van der Waals surface area (Å²) in [6.07, 6.45) is 18.6. The van der Waals surface area contributed by atoms with Gasteiger partial charge in [0, 0.05) is 27.7 Å². The third-order valence-electron chi connectivity index (χ3n) is 28.4. The van der Waals surface area contributed by atoms with Crippen LogP contribution in [0.25, 0.3) is 0 Å². The van der Waals surface area contributed by atoms with E-state index < -0.39 is 48.0 Å². The number of carbonyl (C=O) groups excluding carboxylic acids is 5. The standard InChI is InChI=1S/C25H29NO3.C25H27NO3.C16H16O4.C15H13NO2.C15H14O4.C14H12O2.C10H17N.CH4.ClH.Li.H2O/c2*27-23(21-7-4-8-22(12-21)29-16-17-5-2-1-3-6-17)24(28)26-25-13-18-9-19(14-25)11-20(10-18)15-25;1-19-16(18)15(17)13-8-5-9-14(10-13)20-11-12-6-3-2-4-7-12;16-10-15(17)13-7-4-8-14(9-13)18-11-12-5-2-1-3-6-12;16-14(15(17)18)12-7-4-8-13(9-12)19-10-11-5-2-1-3-6-11;15-10-13-7-4-8-14(9-13)16-11-12-5-2-1-3-6-12;11-10-4-7-1-8(5-10)3-9(2-7)6-10;;;;/h1-8,12,18-20,23,27H,9-11,13-16H2,(H,26,28);1-8,12,18-20H,9-11,13-16H2,(H,26,28);2-10,15,17H,11H2,1H3;1-9,15,17H,11H2;1-9,14,16H,10H2,(H,17,18);1-10H,11H2;7-9H,1-6,11H2;1H4;1H;;1H2/q;;;;;;;;;+1;/p-1. The molecule has 23 nitrogen and oxygen atoms in total. The number of esters is 1. The number of hydrogen-bond donors (Lipinski definition) is 8. The molecule has 0 saturated heterocycles. The molecular weight excluding hydrogens is 1860 g/mol. The number of ketones is 1. The summed E-state index contributed by atoms with van der Waals surface area (Å²) in [5, 5.41) is 63.2. The van der Waals surface area contributed by atoms with Crippen molar-refractivity contribution in [3.8, 4) is 40.6 Å². The van der Waals surface area contributed by atoms with E-state index in [1.54, 1.807) is 115 Å². The van der Waals surface area contributed by atoms with Crippen molar-refractivity contribution < 1.29 is 112 Å². The van der Waals surface area contributed by atoms with Crippen molar-refractivity contribution in [2.45, 2.75) is 204 Å². The number of aldehydes is 1. The third-order valence-corrected chi connectivity index (χ3v) is 28.4. The van der Waals surface area contributed by atoms with Gasteiger partial charge in [-0.3, -0.25) is 19.2 Å². The molecule has 12 aromatic rings. The number of nitriles is 1. The van der Waals surface area contributed by atoms with E-state index in [0.29, 0.717) is 113 Å². The van der Waals surface area contributed by atoms with Crippen LogP contribution in [0.3, 0.4) is 0 Å². The van der Waals surface area contributed by atoms with E-state index in [-0.39, 0.29) is 61.2 Å². The number of carboxylic acids is 1. The molecule has 24 rings (SSSR count). The van der Waals surface area contributed by atoms with Crippen LogP contribution < -0.4 is 63.6 Å². The Bertz CT molecular complexity index is 6060. The molecule has 0 aliphatic heterocycles. The van der Waals surface area contributed by atoms with Crippen LogP contribution in [0, 0.1) is 64.6 Å². The van der Waals surface area contributed by atoms with Gasteiger partial charge < -0.3 is 80.5 Å². The number of Topliss-reactive ketones (excluding diaryl/α,β-unsaturated/α-hetero) is 1. The Balaban J connectivity index is 0.000000164.